The molecular weight excluding hydrogens is 342 g/mol. The molecule has 136 valence electrons. The van der Waals surface area contributed by atoms with Gasteiger partial charge in [-0.3, -0.25) is 9.59 Å². The molecular formula is C19H18F2N2O3. The minimum Gasteiger partial charge on any atom is -0.497 e. The summed E-state index contributed by atoms with van der Waals surface area (Å²) in [5.41, 5.74) is 0.133. The van der Waals surface area contributed by atoms with Gasteiger partial charge >= 0.3 is 0 Å². The van der Waals surface area contributed by atoms with E-state index >= 15 is 0 Å². The number of hydrogen-bond acceptors (Lipinski definition) is 3. The van der Waals surface area contributed by atoms with Crippen LogP contribution in [-0.4, -0.2) is 32.0 Å². The van der Waals surface area contributed by atoms with E-state index < -0.39 is 23.1 Å². The third-order valence-electron chi connectivity index (χ3n) is 4.33. The summed E-state index contributed by atoms with van der Waals surface area (Å²) >= 11 is 0. The number of hydrogen-bond donors (Lipinski definition) is 1. The summed E-state index contributed by atoms with van der Waals surface area (Å²) in [6.45, 7) is 0.580. The molecule has 2 amide bonds. The average Bonchev–Trinajstić information content (AvgIpc) is 3.00. The summed E-state index contributed by atoms with van der Waals surface area (Å²) in [7, 11) is 1.56. The van der Waals surface area contributed by atoms with E-state index in [-0.39, 0.29) is 24.8 Å². The molecule has 0 spiro atoms. The van der Waals surface area contributed by atoms with Crippen LogP contribution in [0.25, 0.3) is 0 Å². The van der Waals surface area contributed by atoms with Gasteiger partial charge in [-0.25, -0.2) is 8.78 Å². The Morgan fingerprint density at radius 1 is 1.19 bits per heavy atom. The summed E-state index contributed by atoms with van der Waals surface area (Å²) in [5, 5.41) is 2.52. The number of nitrogens with one attached hydrogen (secondary N) is 1. The fourth-order valence-corrected chi connectivity index (χ4v) is 2.97. The first-order chi connectivity index (χ1) is 12.5. The molecule has 0 aromatic heterocycles. The molecule has 1 atom stereocenters. The largest absolute Gasteiger partial charge is 0.497 e. The predicted molar refractivity (Wildman–Crippen MR) is 92.1 cm³/mol. The van der Waals surface area contributed by atoms with Gasteiger partial charge in [-0.1, -0.05) is 6.07 Å². The molecule has 0 saturated carbocycles. The van der Waals surface area contributed by atoms with Gasteiger partial charge in [0.15, 0.2) is 0 Å². The number of halogens is 2. The number of anilines is 1. The zero-order chi connectivity index (χ0) is 18.7. The monoisotopic (exact) mass is 360 g/mol. The first-order valence-electron chi connectivity index (χ1n) is 8.16. The minimum absolute atomic E-state index is 0.0634. The van der Waals surface area contributed by atoms with Gasteiger partial charge < -0.3 is 15.0 Å². The van der Waals surface area contributed by atoms with Gasteiger partial charge in [0.05, 0.1) is 7.11 Å². The van der Waals surface area contributed by atoms with Crippen LogP contribution in [0.2, 0.25) is 0 Å². The van der Waals surface area contributed by atoms with Crippen LogP contribution in [-0.2, 0) is 4.79 Å². The second-order valence-electron chi connectivity index (χ2n) is 6.08. The molecule has 0 radical (unpaired) electrons. The maximum atomic E-state index is 13.6. The Morgan fingerprint density at radius 3 is 2.46 bits per heavy atom. The third-order valence-corrected chi connectivity index (χ3v) is 4.33. The van der Waals surface area contributed by atoms with Gasteiger partial charge in [-0.15, -0.1) is 0 Å². The van der Waals surface area contributed by atoms with E-state index in [2.05, 4.69) is 5.32 Å². The van der Waals surface area contributed by atoms with Crippen LogP contribution in [0.15, 0.2) is 42.5 Å². The Hall–Kier alpha value is -2.96. The highest BCUT2D eigenvalue weighted by Crippen LogP contribution is 2.26. The Labute approximate surface area is 149 Å². The van der Waals surface area contributed by atoms with Crippen LogP contribution in [0.5, 0.6) is 5.75 Å². The molecule has 1 heterocycles. The molecule has 1 unspecified atom stereocenters. The van der Waals surface area contributed by atoms with Crippen LogP contribution >= 0.6 is 0 Å². The fourth-order valence-electron chi connectivity index (χ4n) is 2.97. The normalized spacial score (nSPS) is 16.7. The SMILES string of the molecule is COc1ccc(N2CC(CNC(=O)c3c(F)cccc3F)CC2=O)cc1. The summed E-state index contributed by atoms with van der Waals surface area (Å²) in [5.74, 6) is -2.16. The van der Waals surface area contributed by atoms with Gasteiger partial charge in [0.1, 0.15) is 22.9 Å². The lowest BCUT2D eigenvalue weighted by Gasteiger charge is -2.17. The number of carbonyl (C=O) groups is 2. The van der Waals surface area contributed by atoms with Crippen LogP contribution < -0.4 is 15.0 Å². The summed E-state index contributed by atoms with van der Waals surface area (Å²) < 4.78 is 32.4. The summed E-state index contributed by atoms with van der Waals surface area (Å²) in [4.78, 5) is 25.9. The molecule has 0 bridgehead atoms. The quantitative estimate of drug-likeness (QED) is 0.892. The Kier molecular flexibility index (Phi) is 5.16. The highest BCUT2D eigenvalue weighted by Gasteiger charge is 2.31. The lowest BCUT2D eigenvalue weighted by atomic mass is 10.1. The van der Waals surface area contributed by atoms with E-state index in [4.69, 9.17) is 4.74 Å². The lowest BCUT2D eigenvalue weighted by Crippen LogP contribution is -2.32. The third kappa shape index (κ3) is 3.66. The van der Waals surface area contributed by atoms with Gasteiger partial charge in [0.25, 0.3) is 5.91 Å². The lowest BCUT2D eigenvalue weighted by molar-refractivity contribution is -0.117. The predicted octanol–water partition coefficient (Wildman–Crippen LogP) is 2.76. The van der Waals surface area contributed by atoms with Crippen molar-refractivity contribution in [3.63, 3.8) is 0 Å². The van der Waals surface area contributed by atoms with Crippen molar-refractivity contribution in [2.24, 2.45) is 5.92 Å². The molecule has 3 rings (SSSR count). The number of carbonyl (C=O) groups excluding carboxylic acids is 2. The van der Waals surface area contributed by atoms with Gasteiger partial charge in [-0.05, 0) is 36.4 Å². The molecule has 26 heavy (non-hydrogen) atoms. The molecule has 2 aromatic carbocycles. The molecule has 1 aliphatic heterocycles. The Balaban J connectivity index is 1.61. The second kappa shape index (κ2) is 7.51. The van der Waals surface area contributed by atoms with E-state index in [1.54, 1.807) is 36.3 Å². The van der Waals surface area contributed by atoms with Crippen molar-refractivity contribution in [1.29, 1.82) is 0 Å². The standard InChI is InChI=1S/C19H18F2N2O3/c1-26-14-7-5-13(6-8-14)23-11-12(9-17(23)24)10-22-19(25)18-15(20)3-2-4-16(18)21/h2-8,12H,9-11H2,1H3,(H,22,25). The van der Waals surface area contributed by atoms with Gasteiger partial charge in [0.2, 0.25) is 5.91 Å². The van der Waals surface area contributed by atoms with Gasteiger partial charge in [-0.2, -0.15) is 0 Å². The fraction of sp³-hybridized carbons (Fsp3) is 0.263. The zero-order valence-corrected chi connectivity index (χ0v) is 14.2. The van der Waals surface area contributed by atoms with E-state index in [9.17, 15) is 18.4 Å². The molecule has 7 heteroatoms. The number of methoxy groups -OCH3 is 1. The van der Waals surface area contributed by atoms with Gasteiger partial charge in [0, 0.05) is 31.1 Å². The van der Waals surface area contributed by atoms with E-state index in [0.29, 0.717) is 12.3 Å². The second-order valence-corrected chi connectivity index (χ2v) is 6.08. The van der Waals surface area contributed by atoms with Crippen LogP contribution in [0.1, 0.15) is 16.8 Å². The average molecular weight is 360 g/mol. The van der Waals surface area contributed by atoms with Crippen LogP contribution in [0, 0.1) is 17.6 Å². The van der Waals surface area contributed by atoms with Crippen molar-refractivity contribution >= 4 is 17.5 Å². The van der Waals surface area contributed by atoms with Crippen molar-refractivity contribution in [3.05, 3.63) is 59.7 Å². The van der Waals surface area contributed by atoms with Crippen molar-refractivity contribution in [2.45, 2.75) is 6.42 Å². The summed E-state index contributed by atoms with van der Waals surface area (Å²) in [6, 6.07) is 10.4. The van der Waals surface area contributed by atoms with E-state index in [1.807, 2.05) is 0 Å². The highest BCUT2D eigenvalue weighted by atomic mass is 19.1. The molecule has 1 saturated heterocycles. The number of benzene rings is 2. The smallest absolute Gasteiger partial charge is 0.257 e. The van der Waals surface area contributed by atoms with E-state index in [0.717, 1.165) is 17.8 Å². The van der Waals surface area contributed by atoms with Crippen molar-refractivity contribution < 1.29 is 23.1 Å². The maximum Gasteiger partial charge on any atom is 0.257 e. The molecule has 1 fully saturated rings. The number of nitrogens with zero attached hydrogens (tertiary/aromatic N) is 1. The zero-order valence-electron chi connectivity index (χ0n) is 14.2. The number of rotatable bonds is 5. The molecule has 5 nitrogen and oxygen atoms in total. The van der Waals surface area contributed by atoms with Crippen molar-refractivity contribution in [3.8, 4) is 5.75 Å². The minimum atomic E-state index is -0.912. The molecule has 1 aliphatic rings. The Bertz CT molecular complexity index is 804. The first kappa shape index (κ1) is 17.8. The van der Waals surface area contributed by atoms with Crippen molar-refractivity contribution in [2.75, 3.05) is 25.1 Å². The first-order valence-corrected chi connectivity index (χ1v) is 8.16. The number of ether oxygens (including phenoxy) is 1. The van der Waals surface area contributed by atoms with E-state index in [1.165, 1.54) is 6.07 Å². The maximum absolute atomic E-state index is 13.6. The molecule has 0 aliphatic carbocycles. The van der Waals surface area contributed by atoms with Crippen LogP contribution in [0.4, 0.5) is 14.5 Å². The molecule has 2 aromatic rings. The highest BCUT2D eigenvalue weighted by molar-refractivity contribution is 5.96. The van der Waals surface area contributed by atoms with Crippen molar-refractivity contribution in [1.82, 2.24) is 5.32 Å². The van der Waals surface area contributed by atoms with Crippen LogP contribution in [0.3, 0.4) is 0 Å². The Morgan fingerprint density at radius 2 is 1.85 bits per heavy atom. The molecule has 1 N–H and O–H groups in total. The number of amides is 2. The summed E-state index contributed by atoms with van der Waals surface area (Å²) in [6.07, 6.45) is 0.256. The topological polar surface area (TPSA) is 58.6 Å².